The molecule has 0 aromatic heterocycles. The molecule has 1 atom stereocenters. The van der Waals surface area contributed by atoms with Crippen molar-refractivity contribution in [3.05, 3.63) is 59.3 Å². The van der Waals surface area contributed by atoms with Gasteiger partial charge in [0, 0.05) is 0 Å². The van der Waals surface area contributed by atoms with Crippen LogP contribution in [0.4, 0.5) is 0 Å². The summed E-state index contributed by atoms with van der Waals surface area (Å²) < 4.78 is 5.30. The first-order chi connectivity index (χ1) is 12.2. The largest absolute Gasteiger partial charge is 0.463 e. The predicted molar refractivity (Wildman–Crippen MR) is 94.7 cm³/mol. The molecule has 3 N–H and O–H groups in total. The van der Waals surface area contributed by atoms with Crippen molar-refractivity contribution in [2.75, 3.05) is 6.61 Å². The summed E-state index contributed by atoms with van der Waals surface area (Å²) in [6, 6.07) is 13.9. The quantitative estimate of drug-likeness (QED) is 0.743. The van der Waals surface area contributed by atoms with Crippen molar-refractivity contribution in [1.29, 1.82) is 0 Å². The molecule has 2 aliphatic rings. The second kappa shape index (κ2) is 6.19. The van der Waals surface area contributed by atoms with Crippen LogP contribution in [-0.4, -0.2) is 23.5 Å². The Kier molecular flexibility index (Phi) is 3.87. The number of allylic oxidation sites excluding steroid dienone is 1. The van der Waals surface area contributed by atoms with E-state index >= 15 is 0 Å². The van der Waals surface area contributed by atoms with Gasteiger partial charge in [-0.15, -0.1) is 5.53 Å². The minimum absolute atomic E-state index is 0.318. The van der Waals surface area contributed by atoms with E-state index in [1.165, 1.54) is 0 Å². The SMILES string of the molecule is CCOC(=O)C1=C(C)N=C2NNNN2C1c1cccc2ccccc12. The molecular formula is C18H19N5O2. The first kappa shape index (κ1) is 15.6. The van der Waals surface area contributed by atoms with Gasteiger partial charge in [-0.3, -0.25) is 5.43 Å². The highest BCUT2D eigenvalue weighted by Gasteiger charge is 2.39. The van der Waals surface area contributed by atoms with Crippen LogP contribution in [-0.2, 0) is 9.53 Å². The Balaban J connectivity index is 1.92. The maximum atomic E-state index is 12.7. The van der Waals surface area contributed by atoms with Gasteiger partial charge in [0.1, 0.15) is 6.04 Å². The third-order valence-corrected chi connectivity index (χ3v) is 4.39. The number of aliphatic imine (C=N–C) groups is 1. The number of nitrogens with zero attached hydrogens (tertiary/aromatic N) is 2. The molecule has 2 aromatic carbocycles. The second-order valence-corrected chi connectivity index (χ2v) is 5.86. The summed E-state index contributed by atoms with van der Waals surface area (Å²) in [6.07, 6.45) is 0. The third kappa shape index (κ3) is 2.54. The van der Waals surface area contributed by atoms with Crippen molar-refractivity contribution < 1.29 is 9.53 Å². The standard InChI is InChI=1S/C18H19N5O2/c1-3-25-17(24)15-11(2)19-18-20-21-22-23(18)16(15)14-10-6-8-12-7-4-5-9-13(12)14/h4-10,16,21-22H,3H2,1-2H3,(H,19,20). The molecule has 1 saturated heterocycles. The molecule has 7 nitrogen and oxygen atoms in total. The normalized spacial score (nSPS) is 19.5. The van der Waals surface area contributed by atoms with Crippen LogP contribution in [0.25, 0.3) is 10.8 Å². The lowest BCUT2D eigenvalue weighted by molar-refractivity contribution is -0.139. The molecule has 4 rings (SSSR count). The van der Waals surface area contributed by atoms with Crippen molar-refractivity contribution in [3.63, 3.8) is 0 Å². The molecule has 0 saturated carbocycles. The monoisotopic (exact) mass is 337 g/mol. The highest BCUT2D eigenvalue weighted by molar-refractivity contribution is 5.97. The van der Waals surface area contributed by atoms with Crippen LogP contribution in [0, 0.1) is 0 Å². The van der Waals surface area contributed by atoms with Crippen LogP contribution >= 0.6 is 0 Å². The molecule has 2 aliphatic heterocycles. The number of hydrazine groups is 3. The highest BCUT2D eigenvalue weighted by atomic mass is 16.5. The minimum atomic E-state index is -0.361. The number of hydrogen-bond acceptors (Lipinski definition) is 7. The molecule has 25 heavy (non-hydrogen) atoms. The summed E-state index contributed by atoms with van der Waals surface area (Å²) in [5.74, 6) is 0.262. The third-order valence-electron chi connectivity index (χ3n) is 4.39. The van der Waals surface area contributed by atoms with Gasteiger partial charge in [-0.25, -0.2) is 14.8 Å². The van der Waals surface area contributed by atoms with Crippen molar-refractivity contribution >= 4 is 22.7 Å². The predicted octanol–water partition coefficient (Wildman–Crippen LogP) is 1.92. The fourth-order valence-corrected chi connectivity index (χ4v) is 3.32. The van der Waals surface area contributed by atoms with Crippen molar-refractivity contribution in [2.45, 2.75) is 19.9 Å². The summed E-state index contributed by atoms with van der Waals surface area (Å²) >= 11 is 0. The number of fused-ring (bicyclic) bond motifs is 2. The highest BCUT2D eigenvalue weighted by Crippen LogP contribution is 2.37. The van der Waals surface area contributed by atoms with E-state index in [2.05, 4.69) is 39.7 Å². The van der Waals surface area contributed by atoms with Crippen molar-refractivity contribution in [3.8, 4) is 0 Å². The summed E-state index contributed by atoms with van der Waals surface area (Å²) in [6.45, 7) is 3.95. The van der Waals surface area contributed by atoms with Gasteiger partial charge in [0.2, 0.25) is 5.96 Å². The number of guanidine groups is 1. The molecular weight excluding hydrogens is 318 g/mol. The van der Waals surface area contributed by atoms with Gasteiger partial charge in [-0.1, -0.05) is 42.5 Å². The zero-order valence-electron chi connectivity index (χ0n) is 14.0. The van der Waals surface area contributed by atoms with Crippen LogP contribution in [0.1, 0.15) is 25.5 Å². The minimum Gasteiger partial charge on any atom is -0.463 e. The number of ether oxygens (including phenoxy) is 1. The number of carbonyl (C=O) groups excluding carboxylic acids is 1. The molecule has 1 unspecified atom stereocenters. The fraction of sp³-hybridized carbons (Fsp3) is 0.222. The molecule has 0 amide bonds. The molecule has 128 valence electrons. The first-order valence-electron chi connectivity index (χ1n) is 8.21. The Morgan fingerprint density at radius 2 is 2.04 bits per heavy atom. The first-order valence-corrected chi connectivity index (χ1v) is 8.21. The molecule has 0 aliphatic carbocycles. The lowest BCUT2D eigenvalue weighted by Gasteiger charge is -2.33. The average Bonchev–Trinajstić information content (AvgIpc) is 3.08. The zero-order chi connectivity index (χ0) is 17.4. The Morgan fingerprint density at radius 3 is 2.88 bits per heavy atom. The molecule has 0 bridgehead atoms. The second-order valence-electron chi connectivity index (χ2n) is 5.86. The molecule has 7 heteroatoms. The van der Waals surface area contributed by atoms with Gasteiger partial charge < -0.3 is 4.74 Å². The summed E-state index contributed by atoms with van der Waals surface area (Å²) in [4.78, 5) is 17.1. The topological polar surface area (TPSA) is 78.0 Å². The molecule has 1 fully saturated rings. The van der Waals surface area contributed by atoms with E-state index in [0.717, 1.165) is 16.3 Å². The van der Waals surface area contributed by atoms with Gasteiger partial charge in [-0.05, 0) is 30.2 Å². The maximum Gasteiger partial charge on any atom is 0.338 e. The van der Waals surface area contributed by atoms with Gasteiger partial charge in [0.05, 0.1) is 17.9 Å². The number of hydrogen-bond donors (Lipinski definition) is 3. The Bertz CT molecular complexity index is 900. The van der Waals surface area contributed by atoms with Gasteiger partial charge in [0.25, 0.3) is 0 Å². The lowest BCUT2D eigenvalue weighted by Crippen LogP contribution is -2.44. The van der Waals surface area contributed by atoms with E-state index in [0.29, 0.717) is 23.8 Å². The number of nitrogens with one attached hydrogen (secondary N) is 3. The molecule has 0 radical (unpaired) electrons. The van der Waals surface area contributed by atoms with Crippen LogP contribution in [0.2, 0.25) is 0 Å². The van der Waals surface area contributed by atoms with E-state index in [4.69, 9.17) is 4.74 Å². The van der Waals surface area contributed by atoms with Crippen LogP contribution in [0.5, 0.6) is 0 Å². The van der Waals surface area contributed by atoms with Gasteiger partial charge in [0.15, 0.2) is 0 Å². The van der Waals surface area contributed by atoms with Crippen LogP contribution < -0.4 is 16.5 Å². The Labute approximate surface area is 145 Å². The summed E-state index contributed by atoms with van der Waals surface area (Å²) in [5.41, 5.74) is 11.0. The number of esters is 1. The van der Waals surface area contributed by atoms with E-state index in [1.54, 1.807) is 11.9 Å². The number of rotatable bonds is 3. The number of benzene rings is 2. The fourth-order valence-electron chi connectivity index (χ4n) is 3.32. The Morgan fingerprint density at radius 1 is 1.24 bits per heavy atom. The van der Waals surface area contributed by atoms with Gasteiger partial charge >= 0.3 is 5.97 Å². The smallest absolute Gasteiger partial charge is 0.338 e. The van der Waals surface area contributed by atoms with Gasteiger partial charge in [-0.2, -0.15) is 5.53 Å². The summed E-state index contributed by atoms with van der Waals surface area (Å²) in [5, 5.41) is 4.01. The zero-order valence-corrected chi connectivity index (χ0v) is 14.0. The van der Waals surface area contributed by atoms with Crippen LogP contribution in [0.15, 0.2) is 58.7 Å². The van der Waals surface area contributed by atoms with E-state index in [9.17, 15) is 4.79 Å². The van der Waals surface area contributed by atoms with Crippen LogP contribution in [0.3, 0.4) is 0 Å². The van der Waals surface area contributed by atoms with Crippen molar-refractivity contribution in [2.24, 2.45) is 4.99 Å². The summed E-state index contributed by atoms with van der Waals surface area (Å²) in [7, 11) is 0. The molecule has 2 heterocycles. The number of carbonyl (C=O) groups is 1. The van der Waals surface area contributed by atoms with E-state index < -0.39 is 0 Å². The van der Waals surface area contributed by atoms with Crippen molar-refractivity contribution in [1.82, 2.24) is 21.5 Å². The average molecular weight is 337 g/mol. The Hall–Kier alpha value is -2.90. The van der Waals surface area contributed by atoms with E-state index in [-0.39, 0.29) is 12.0 Å². The molecule has 2 aromatic rings. The maximum absolute atomic E-state index is 12.7. The molecule has 0 spiro atoms. The van der Waals surface area contributed by atoms with E-state index in [1.807, 2.05) is 31.2 Å². The lowest BCUT2D eigenvalue weighted by atomic mass is 9.91.